The van der Waals surface area contributed by atoms with Crippen molar-refractivity contribution >= 4 is 65.2 Å². The molecular formula is C44H26N2O. The maximum Gasteiger partial charge on any atom is 0.161 e. The van der Waals surface area contributed by atoms with Gasteiger partial charge in [-0.2, -0.15) is 0 Å². The lowest BCUT2D eigenvalue weighted by Crippen LogP contribution is -1.96. The zero-order valence-electron chi connectivity index (χ0n) is 25.3. The van der Waals surface area contributed by atoms with Crippen LogP contribution in [0.25, 0.3) is 98.9 Å². The van der Waals surface area contributed by atoms with E-state index < -0.39 is 0 Å². The standard InChI is InChI=1S/C44H26N2O/c1-2-12-27(13-3-1)42-36-20-10-11-21-39(36)45-44(46-42)35-23-22-34(32-18-8-9-19-33(32)35)37-25-30-16-6-7-17-31(30)41-38-24-28-14-4-5-15-29(28)26-40(38)47-43(37)41/h1-26H. The summed E-state index contributed by atoms with van der Waals surface area (Å²) in [6.45, 7) is 0. The molecule has 47 heavy (non-hydrogen) atoms. The molecule has 3 nitrogen and oxygen atoms in total. The van der Waals surface area contributed by atoms with E-state index in [4.69, 9.17) is 14.4 Å². The Morgan fingerprint density at radius 3 is 1.83 bits per heavy atom. The molecule has 218 valence electrons. The molecule has 2 heterocycles. The van der Waals surface area contributed by atoms with E-state index in [9.17, 15) is 0 Å². The van der Waals surface area contributed by atoms with E-state index in [0.717, 1.165) is 71.6 Å². The molecule has 0 aliphatic rings. The van der Waals surface area contributed by atoms with Crippen LogP contribution in [0.2, 0.25) is 0 Å². The lowest BCUT2D eigenvalue weighted by Gasteiger charge is -2.14. The van der Waals surface area contributed by atoms with Gasteiger partial charge in [0.2, 0.25) is 0 Å². The predicted molar refractivity (Wildman–Crippen MR) is 196 cm³/mol. The average molecular weight is 599 g/mol. The fraction of sp³-hybridized carbons (Fsp3) is 0. The van der Waals surface area contributed by atoms with Crippen LogP contribution in [0.5, 0.6) is 0 Å². The first-order valence-corrected chi connectivity index (χ1v) is 15.9. The smallest absolute Gasteiger partial charge is 0.161 e. The molecule has 0 radical (unpaired) electrons. The molecule has 3 heteroatoms. The SMILES string of the molecule is c1ccc(-c2nc(-c3ccc(-c4cc5ccccc5c5c4oc4cc6ccccc6cc45)c4ccccc34)nc3ccccc23)cc1. The van der Waals surface area contributed by atoms with Crippen molar-refractivity contribution in [1.82, 2.24) is 9.97 Å². The van der Waals surface area contributed by atoms with E-state index in [1.165, 1.54) is 21.5 Å². The number of hydrogen-bond donors (Lipinski definition) is 0. The van der Waals surface area contributed by atoms with Gasteiger partial charge in [0.25, 0.3) is 0 Å². The van der Waals surface area contributed by atoms with E-state index in [2.05, 4.69) is 140 Å². The normalized spacial score (nSPS) is 11.8. The van der Waals surface area contributed by atoms with Crippen molar-refractivity contribution in [3.05, 3.63) is 158 Å². The van der Waals surface area contributed by atoms with E-state index in [1.807, 2.05) is 18.2 Å². The largest absolute Gasteiger partial charge is 0.455 e. The van der Waals surface area contributed by atoms with Gasteiger partial charge in [-0.3, -0.25) is 0 Å². The van der Waals surface area contributed by atoms with Gasteiger partial charge in [0.15, 0.2) is 5.82 Å². The second-order valence-electron chi connectivity index (χ2n) is 12.1. The number of furan rings is 1. The van der Waals surface area contributed by atoms with E-state index in [0.29, 0.717) is 5.82 Å². The van der Waals surface area contributed by atoms with Gasteiger partial charge in [-0.25, -0.2) is 9.97 Å². The van der Waals surface area contributed by atoms with Crippen LogP contribution in [0, 0.1) is 0 Å². The van der Waals surface area contributed by atoms with E-state index in [1.54, 1.807) is 0 Å². The number of benzene rings is 8. The number of hydrogen-bond acceptors (Lipinski definition) is 3. The minimum Gasteiger partial charge on any atom is -0.455 e. The molecule has 0 atom stereocenters. The third-order valence-corrected chi connectivity index (χ3v) is 9.44. The predicted octanol–water partition coefficient (Wildman–Crippen LogP) is 12.0. The van der Waals surface area contributed by atoms with Crippen LogP contribution in [0.4, 0.5) is 0 Å². The highest BCUT2D eigenvalue weighted by molar-refractivity contribution is 6.25. The molecule has 0 unspecified atom stereocenters. The van der Waals surface area contributed by atoms with Gasteiger partial charge >= 0.3 is 0 Å². The minimum absolute atomic E-state index is 0.712. The Hall–Kier alpha value is -6.32. The molecule has 0 bridgehead atoms. The van der Waals surface area contributed by atoms with Crippen LogP contribution >= 0.6 is 0 Å². The fourth-order valence-electron chi connectivity index (χ4n) is 7.25. The Labute approximate surface area is 270 Å². The van der Waals surface area contributed by atoms with Crippen molar-refractivity contribution in [1.29, 1.82) is 0 Å². The number of rotatable bonds is 3. The third-order valence-electron chi connectivity index (χ3n) is 9.44. The van der Waals surface area contributed by atoms with Gasteiger partial charge in [0, 0.05) is 32.8 Å². The van der Waals surface area contributed by atoms with Gasteiger partial charge in [-0.05, 0) is 68.2 Å². The number of para-hydroxylation sites is 1. The van der Waals surface area contributed by atoms with E-state index >= 15 is 0 Å². The fourth-order valence-corrected chi connectivity index (χ4v) is 7.25. The summed E-state index contributed by atoms with van der Waals surface area (Å²) in [5.74, 6) is 0.712. The van der Waals surface area contributed by atoms with Crippen LogP contribution in [-0.2, 0) is 0 Å². The molecule has 0 amide bonds. The molecular weight excluding hydrogens is 572 g/mol. The molecule has 8 aromatic carbocycles. The maximum absolute atomic E-state index is 6.81. The highest BCUT2D eigenvalue weighted by Gasteiger charge is 2.20. The van der Waals surface area contributed by atoms with Crippen LogP contribution in [-0.4, -0.2) is 9.97 Å². The van der Waals surface area contributed by atoms with Crippen LogP contribution in [0.3, 0.4) is 0 Å². The van der Waals surface area contributed by atoms with Crippen molar-refractivity contribution in [3.8, 4) is 33.8 Å². The first-order chi connectivity index (χ1) is 23.3. The molecule has 2 aromatic heterocycles. The molecule has 0 spiro atoms. The quantitative estimate of drug-likeness (QED) is 0.203. The topological polar surface area (TPSA) is 38.9 Å². The molecule has 0 saturated carbocycles. The van der Waals surface area contributed by atoms with E-state index in [-0.39, 0.29) is 0 Å². The zero-order valence-corrected chi connectivity index (χ0v) is 25.3. The zero-order chi connectivity index (χ0) is 30.9. The summed E-state index contributed by atoms with van der Waals surface area (Å²) in [6.07, 6.45) is 0. The van der Waals surface area contributed by atoms with Crippen LogP contribution in [0.1, 0.15) is 0 Å². The van der Waals surface area contributed by atoms with Gasteiger partial charge < -0.3 is 4.42 Å². The molecule has 0 N–H and O–H groups in total. The Balaban J connectivity index is 1.26. The summed E-state index contributed by atoms with van der Waals surface area (Å²) < 4.78 is 6.81. The minimum atomic E-state index is 0.712. The molecule has 0 aliphatic heterocycles. The number of nitrogens with zero attached hydrogens (tertiary/aromatic N) is 2. The van der Waals surface area contributed by atoms with Gasteiger partial charge in [-0.1, -0.05) is 127 Å². The van der Waals surface area contributed by atoms with Crippen molar-refractivity contribution in [2.24, 2.45) is 0 Å². The van der Waals surface area contributed by atoms with Crippen molar-refractivity contribution in [2.75, 3.05) is 0 Å². The maximum atomic E-state index is 6.81. The lowest BCUT2D eigenvalue weighted by molar-refractivity contribution is 0.671. The van der Waals surface area contributed by atoms with Gasteiger partial charge in [0.1, 0.15) is 11.2 Å². The Morgan fingerprint density at radius 1 is 0.404 bits per heavy atom. The monoisotopic (exact) mass is 598 g/mol. The summed E-state index contributed by atoms with van der Waals surface area (Å²) in [5, 5.41) is 10.3. The summed E-state index contributed by atoms with van der Waals surface area (Å²) in [5.41, 5.74) is 7.93. The molecule has 10 aromatic rings. The third kappa shape index (κ3) is 4.00. The molecule has 0 aliphatic carbocycles. The first kappa shape index (κ1) is 26.0. The van der Waals surface area contributed by atoms with Gasteiger partial charge in [-0.15, -0.1) is 0 Å². The lowest BCUT2D eigenvalue weighted by atomic mass is 9.91. The molecule has 0 fully saturated rings. The van der Waals surface area contributed by atoms with Crippen molar-refractivity contribution in [2.45, 2.75) is 0 Å². The van der Waals surface area contributed by atoms with Crippen molar-refractivity contribution < 1.29 is 4.42 Å². The number of fused-ring (bicyclic) bond motifs is 8. The summed E-state index contributed by atoms with van der Waals surface area (Å²) >= 11 is 0. The summed E-state index contributed by atoms with van der Waals surface area (Å²) in [4.78, 5) is 10.3. The van der Waals surface area contributed by atoms with Crippen LogP contribution in [0.15, 0.2) is 162 Å². The second-order valence-corrected chi connectivity index (χ2v) is 12.1. The van der Waals surface area contributed by atoms with Crippen molar-refractivity contribution in [3.63, 3.8) is 0 Å². The highest BCUT2D eigenvalue weighted by atomic mass is 16.3. The molecule has 10 rings (SSSR count). The second kappa shape index (κ2) is 10.1. The Morgan fingerprint density at radius 2 is 1.02 bits per heavy atom. The molecule has 0 saturated heterocycles. The summed E-state index contributed by atoms with van der Waals surface area (Å²) in [6, 6.07) is 55.4. The number of aromatic nitrogens is 2. The Bertz CT molecular complexity index is 2850. The Kier molecular flexibility index (Phi) is 5.57. The van der Waals surface area contributed by atoms with Gasteiger partial charge in [0.05, 0.1) is 11.2 Å². The first-order valence-electron chi connectivity index (χ1n) is 15.9. The van der Waals surface area contributed by atoms with Crippen LogP contribution < -0.4 is 0 Å². The average Bonchev–Trinajstić information content (AvgIpc) is 3.51. The highest BCUT2D eigenvalue weighted by Crippen LogP contribution is 2.45. The summed E-state index contributed by atoms with van der Waals surface area (Å²) in [7, 11) is 0.